The summed E-state index contributed by atoms with van der Waals surface area (Å²) >= 11 is 0. The van der Waals surface area contributed by atoms with Gasteiger partial charge in [-0.05, 0) is 38.1 Å². The van der Waals surface area contributed by atoms with Crippen LogP contribution in [-0.2, 0) is 18.9 Å². The lowest BCUT2D eigenvalue weighted by Gasteiger charge is -2.39. The summed E-state index contributed by atoms with van der Waals surface area (Å²) < 4.78 is 89.0. The minimum Gasteiger partial charge on any atom is -0.490 e. The number of aromatic nitrogens is 3. The van der Waals surface area contributed by atoms with Gasteiger partial charge in [0, 0.05) is 24.3 Å². The summed E-state index contributed by atoms with van der Waals surface area (Å²) in [6, 6.07) is 1.49. The van der Waals surface area contributed by atoms with Gasteiger partial charge in [0.2, 0.25) is 0 Å². The summed E-state index contributed by atoms with van der Waals surface area (Å²) in [5, 5.41) is 0. The van der Waals surface area contributed by atoms with Crippen molar-refractivity contribution >= 4 is 5.91 Å². The number of aryl methyl sites for hydroxylation is 1. The van der Waals surface area contributed by atoms with Crippen molar-refractivity contribution in [2.75, 3.05) is 6.61 Å². The number of hydrogen-bond acceptors (Lipinski definition) is 4. The zero-order chi connectivity index (χ0) is 28.2. The van der Waals surface area contributed by atoms with Crippen molar-refractivity contribution in [3.05, 3.63) is 75.2 Å². The van der Waals surface area contributed by atoms with Crippen LogP contribution in [-0.4, -0.2) is 37.6 Å². The molecule has 0 radical (unpaired) electrons. The van der Waals surface area contributed by atoms with E-state index in [-0.39, 0.29) is 29.6 Å². The Bertz CT molecular complexity index is 1440. The Morgan fingerprint density at radius 1 is 1.03 bits per heavy atom. The highest BCUT2D eigenvalue weighted by Crippen LogP contribution is 2.49. The summed E-state index contributed by atoms with van der Waals surface area (Å²) in [5.74, 6) is -1.43. The van der Waals surface area contributed by atoms with Gasteiger partial charge in [-0.1, -0.05) is 13.8 Å². The van der Waals surface area contributed by atoms with E-state index < -0.39 is 59.4 Å². The van der Waals surface area contributed by atoms with Crippen molar-refractivity contribution in [2.45, 2.75) is 58.7 Å². The number of benzene rings is 1. The topological polar surface area (TPSA) is 69.4 Å². The predicted octanol–water partition coefficient (Wildman–Crippen LogP) is 5.38. The quantitative estimate of drug-likeness (QED) is 0.408. The third-order valence-electron chi connectivity index (χ3n) is 6.35. The number of carbonyl (C=O) groups excluding carboxylic acids is 1. The van der Waals surface area contributed by atoms with E-state index in [1.54, 1.807) is 20.0 Å². The zero-order valence-corrected chi connectivity index (χ0v) is 20.8. The number of carbonyl (C=O) groups is 1. The molecule has 1 aromatic carbocycles. The SMILES string of the molecule is CC.Cc1cn(-c2ccc3n(c2=O)CC(C)N(C2COc4c2cc(C(F)(F)F)cc4C(F)(F)F)C3=O)cn1. The van der Waals surface area contributed by atoms with E-state index in [1.807, 2.05) is 13.8 Å². The first-order valence-electron chi connectivity index (χ1n) is 11.8. The Morgan fingerprint density at radius 3 is 2.29 bits per heavy atom. The smallest absolute Gasteiger partial charge is 0.419 e. The molecule has 13 heteroatoms. The van der Waals surface area contributed by atoms with Crippen LogP contribution in [0.15, 0.2) is 41.6 Å². The van der Waals surface area contributed by atoms with Gasteiger partial charge in [0.05, 0.1) is 29.2 Å². The molecule has 0 aliphatic carbocycles. The lowest BCUT2D eigenvalue weighted by Crippen LogP contribution is -2.51. The van der Waals surface area contributed by atoms with Gasteiger partial charge >= 0.3 is 12.4 Å². The Hall–Kier alpha value is -3.77. The number of ether oxygens (including phenoxy) is 1. The van der Waals surface area contributed by atoms with Crippen LogP contribution in [0.1, 0.15) is 59.7 Å². The van der Waals surface area contributed by atoms with Crippen LogP contribution in [0.2, 0.25) is 0 Å². The molecule has 0 bridgehead atoms. The van der Waals surface area contributed by atoms with Crippen molar-refractivity contribution in [3.8, 4) is 11.4 Å². The Kier molecular flexibility index (Phi) is 6.83. The number of imidazole rings is 1. The third kappa shape index (κ3) is 4.54. The third-order valence-corrected chi connectivity index (χ3v) is 6.35. The molecule has 2 atom stereocenters. The van der Waals surface area contributed by atoms with Gasteiger partial charge in [-0.25, -0.2) is 4.98 Å². The molecule has 204 valence electrons. The first-order valence-corrected chi connectivity index (χ1v) is 11.8. The van der Waals surface area contributed by atoms with Crippen molar-refractivity contribution in [1.82, 2.24) is 19.0 Å². The second kappa shape index (κ2) is 9.52. The molecular formula is C25H24F6N4O3. The molecule has 0 saturated heterocycles. The first-order chi connectivity index (χ1) is 17.8. The summed E-state index contributed by atoms with van der Waals surface area (Å²) in [6.07, 6.45) is -7.06. The van der Waals surface area contributed by atoms with Gasteiger partial charge in [0.25, 0.3) is 11.5 Å². The highest BCUT2D eigenvalue weighted by Gasteiger charge is 2.46. The molecule has 0 N–H and O–H groups in total. The fraction of sp³-hybridized carbons (Fsp3) is 0.400. The molecule has 4 heterocycles. The average Bonchev–Trinajstić information content (AvgIpc) is 3.46. The van der Waals surface area contributed by atoms with Gasteiger partial charge in [-0.2, -0.15) is 26.3 Å². The van der Waals surface area contributed by atoms with E-state index in [9.17, 15) is 35.9 Å². The van der Waals surface area contributed by atoms with Crippen molar-refractivity contribution < 1.29 is 35.9 Å². The monoisotopic (exact) mass is 542 g/mol. The molecule has 7 nitrogen and oxygen atoms in total. The Balaban J connectivity index is 0.00000164. The minimum absolute atomic E-state index is 0.0108. The summed E-state index contributed by atoms with van der Waals surface area (Å²) in [6.45, 7) is 6.84. The molecule has 2 unspecified atom stereocenters. The van der Waals surface area contributed by atoms with Crippen molar-refractivity contribution in [3.63, 3.8) is 0 Å². The van der Waals surface area contributed by atoms with Gasteiger partial charge in [0.1, 0.15) is 23.7 Å². The summed E-state index contributed by atoms with van der Waals surface area (Å²) in [4.78, 5) is 31.8. The maximum atomic E-state index is 13.6. The van der Waals surface area contributed by atoms with Crippen LogP contribution in [0.4, 0.5) is 26.3 Å². The molecule has 38 heavy (non-hydrogen) atoms. The summed E-state index contributed by atoms with van der Waals surface area (Å²) in [7, 11) is 0. The highest BCUT2D eigenvalue weighted by molar-refractivity contribution is 5.94. The van der Waals surface area contributed by atoms with E-state index in [4.69, 9.17) is 4.74 Å². The Labute approximate surface area is 213 Å². The molecule has 0 spiro atoms. The number of nitrogens with zero attached hydrogens (tertiary/aromatic N) is 4. The molecule has 1 amide bonds. The zero-order valence-electron chi connectivity index (χ0n) is 20.8. The molecule has 2 aliphatic rings. The van der Waals surface area contributed by atoms with Crippen LogP contribution in [0.25, 0.3) is 5.69 Å². The lowest BCUT2D eigenvalue weighted by atomic mass is 9.97. The van der Waals surface area contributed by atoms with Crippen LogP contribution in [0.3, 0.4) is 0 Å². The van der Waals surface area contributed by atoms with Crippen LogP contribution in [0, 0.1) is 6.92 Å². The number of pyridine rings is 1. The van der Waals surface area contributed by atoms with Crippen LogP contribution < -0.4 is 10.3 Å². The maximum Gasteiger partial charge on any atom is 0.419 e. The maximum absolute atomic E-state index is 13.6. The van der Waals surface area contributed by atoms with Crippen molar-refractivity contribution in [2.24, 2.45) is 0 Å². The van der Waals surface area contributed by atoms with E-state index >= 15 is 0 Å². The first kappa shape index (κ1) is 27.3. The molecule has 2 aromatic heterocycles. The minimum atomic E-state index is -5.10. The molecule has 3 aromatic rings. The number of rotatable bonds is 2. The largest absolute Gasteiger partial charge is 0.490 e. The van der Waals surface area contributed by atoms with Gasteiger partial charge in [-0.15, -0.1) is 0 Å². The molecular weight excluding hydrogens is 518 g/mol. The number of hydrogen-bond donors (Lipinski definition) is 0. The molecule has 0 fully saturated rings. The standard InChI is InChI=1S/C23H18F6N4O3.C2H6/c1-11-7-31(10-30-11)16-3-4-17-21(35)33(12(2)8-32(17)20(16)34)18-9-36-19-14(18)5-13(22(24,25)26)6-15(19)23(27,28)29;1-2/h3-7,10,12,18H,8-9H2,1-2H3;1-2H3. The van der Waals surface area contributed by atoms with E-state index in [0.29, 0.717) is 11.8 Å². The van der Waals surface area contributed by atoms with Gasteiger partial charge in [0.15, 0.2) is 0 Å². The Morgan fingerprint density at radius 2 is 1.71 bits per heavy atom. The number of alkyl halides is 6. The van der Waals surface area contributed by atoms with Gasteiger partial charge in [-0.3, -0.25) is 9.59 Å². The fourth-order valence-corrected chi connectivity index (χ4v) is 4.73. The van der Waals surface area contributed by atoms with Crippen molar-refractivity contribution in [1.29, 1.82) is 0 Å². The van der Waals surface area contributed by atoms with Gasteiger partial charge < -0.3 is 18.8 Å². The fourth-order valence-electron chi connectivity index (χ4n) is 4.73. The van der Waals surface area contributed by atoms with Crippen LogP contribution >= 0.6 is 0 Å². The summed E-state index contributed by atoms with van der Waals surface area (Å²) in [5.41, 5.74) is -3.02. The lowest BCUT2D eigenvalue weighted by molar-refractivity contribution is -0.143. The predicted molar refractivity (Wildman–Crippen MR) is 124 cm³/mol. The number of halogens is 6. The number of amides is 1. The normalized spacial score (nSPS) is 18.9. The van der Waals surface area contributed by atoms with E-state index in [2.05, 4.69) is 4.98 Å². The van der Waals surface area contributed by atoms with E-state index in [0.717, 1.165) is 0 Å². The second-order valence-corrected chi connectivity index (χ2v) is 8.77. The highest BCUT2D eigenvalue weighted by atomic mass is 19.4. The van der Waals surface area contributed by atoms with Crippen LogP contribution in [0.5, 0.6) is 5.75 Å². The average molecular weight is 542 g/mol. The molecule has 2 aliphatic heterocycles. The molecule has 5 rings (SSSR count). The molecule has 0 saturated carbocycles. The second-order valence-electron chi connectivity index (χ2n) is 8.77. The van der Waals surface area contributed by atoms with E-state index in [1.165, 1.54) is 32.5 Å². The number of fused-ring (bicyclic) bond motifs is 2.